The van der Waals surface area contributed by atoms with Gasteiger partial charge < -0.3 is 21.1 Å². The van der Waals surface area contributed by atoms with E-state index in [0.717, 1.165) is 37.1 Å². The number of aliphatic hydroxyl groups excluding tert-OH is 1. The van der Waals surface area contributed by atoms with Crippen molar-refractivity contribution < 1.29 is 18.7 Å². The van der Waals surface area contributed by atoms with Crippen LogP contribution >= 0.6 is 11.6 Å². The van der Waals surface area contributed by atoms with E-state index in [9.17, 15) is 18.7 Å². The van der Waals surface area contributed by atoms with Crippen molar-refractivity contribution in [1.29, 1.82) is 0 Å². The number of nitrogens with two attached hydrogens (primary N) is 1. The Morgan fingerprint density at radius 2 is 1.67 bits per heavy atom. The summed E-state index contributed by atoms with van der Waals surface area (Å²) in [5.74, 6) is -0.907. The minimum Gasteiger partial charge on any atom is -0.399 e. The molecular formula is C28H30ClF2N3O2. The van der Waals surface area contributed by atoms with Crippen LogP contribution in [0.5, 0.6) is 0 Å². The second-order valence-corrected chi connectivity index (χ2v) is 9.68. The molecule has 5 nitrogen and oxygen atoms in total. The lowest BCUT2D eigenvalue weighted by Gasteiger charge is -2.36. The summed E-state index contributed by atoms with van der Waals surface area (Å²) in [5, 5.41) is 13.8. The number of hydrogen-bond donors (Lipinski definition) is 3. The fourth-order valence-corrected chi connectivity index (χ4v) is 5.04. The fraction of sp³-hybridized carbons (Fsp3) is 0.321. The maximum absolute atomic E-state index is 13.5. The van der Waals surface area contributed by atoms with Crippen molar-refractivity contribution in [3.63, 3.8) is 0 Å². The monoisotopic (exact) mass is 513 g/mol. The van der Waals surface area contributed by atoms with Crippen LogP contribution in [-0.2, 0) is 0 Å². The van der Waals surface area contributed by atoms with Crippen LogP contribution in [0.4, 0.5) is 14.5 Å². The number of nitrogens with one attached hydrogen (secondary N) is 1. The van der Waals surface area contributed by atoms with Crippen LogP contribution in [0.2, 0.25) is 5.02 Å². The third-order valence-corrected chi connectivity index (χ3v) is 7.04. The van der Waals surface area contributed by atoms with E-state index in [1.165, 1.54) is 30.3 Å². The minimum absolute atomic E-state index is 0.0117. The second kappa shape index (κ2) is 11.8. The van der Waals surface area contributed by atoms with Gasteiger partial charge >= 0.3 is 0 Å². The lowest BCUT2D eigenvalue weighted by Crippen LogP contribution is -2.54. The van der Waals surface area contributed by atoms with E-state index in [-0.39, 0.29) is 34.5 Å². The molecule has 0 saturated carbocycles. The predicted octanol–water partition coefficient (Wildman–Crippen LogP) is 4.98. The largest absolute Gasteiger partial charge is 0.399 e. The molecular weight excluding hydrogens is 484 g/mol. The number of halogens is 3. The molecule has 0 bridgehead atoms. The molecule has 0 aromatic heterocycles. The van der Waals surface area contributed by atoms with Gasteiger partial charge in [0.25, 0.3) is 5.91 Å². The van der Waals surface area contributed by atoms with E-state index in [0.29, 0.717) is 24.2 Å². The maximum Gasteiger partial charge on any atom is 0.253 e. The molecule has 190 valence electrons. The van der Waals surface area contributed by atoms with Crippen molar-refractivity contribution in [2.24, 2.45) is 0 Å². The molecule has 1 amide bonds. The van der Waals surface area contributed by atoms with Crippen LogP contribution in [0.3, 0.4) is 0 Å². The van der Waals surface area contributed by atoms with Gasteiger partial charge in [0.1, 0.15) is 11.6 Å². The summed E-state index contributed by atoms with van der Waals surface area (Å²) in [5.41, 5.74) is 8.45. The summed E-state index contributed by atoms with van der Waals surface area (Å²) in [6.07, 6.45) is 1.53. The first-order valence-corrected chi connectivity index (χ1v) is 12.4. The highest BCUT2D eigenvalue weighted by molar-refractivity contribution is 6.34. The SMILES string of the molecule is Nc1ccc(C(=O)N[C@H]2CCN(CCCC(c3ccc(F)cc3)c3ccc(F)cc3)C[C@@H]2O)c(Cl)c1. The molecule has 1 aliphatic rings. The Morgan fingerprint density at radius 1 is 1.06 bits per heavy atom. The topological polar surface area (TPSA) is 78.6 Å². The van der Waals surface area contributed by atoms with Gasteiger partial charge in [-0.15, -0.1) is 0 Å². The van der Waals surface area contributed by atoms with Gasteiger partial charge in [-0.3, -0.25) is 4.79 Å². The quantitative estimate of drug-likeness (QED) is 0.371. The third-order valence-electron chi connectivity index (χ3n) is 6.73. The summed E-state index contributed by atoms with van der Waals surface area (Å²) >= 11 is 6.14. The van der Waals surface area contributed by atoms with Crippen molar-refractivity contribution >= 4 is 23.2 Å². The minimum atomic E-state index is -0.708. The fourth-order valence-electron chi connectivity index (χ4n) is 4.77. The van der Waals surface area contributed by atoms with E-state index >= 15 is 0 Å². The number of rotatable bonds is 8. The third kappa shape index (κ3) is 6.60. The number of likely N-dealkylation sites (tertiary alicyclic amines) is 1. The number of nitrogen functional groups attached to an aromatic ring is 1. The highest BCUT2D eigenvalue weighted by Crippen LogP contribution is 2.30. The number of aliphatic hydroxyl groups is 1. The molecule has 1 fully saturated rings. The lowest BCUT2D eigenvalue weighted by atomic mass is 9.87. The molecule has 36 heavy (non-hydrogen) atoms. The van der Waals surface area contributed by atoms with E-state index in [1.807, 2.05) is 0 Å². The molecule has 0 radical (unpaired) electrons. The molecule has 0 aliphatic carbocycles. The number of carbonyl (C=O) groups excluding carboxylic acids is 1. The maximum atomic E-state index is 13.5. The number of benzene rings is 3. The van der Waals surface area contributed by atoms with E-state index in [4.69, 9.17) is 17.3 Å². The molecule has 1 aliphatic heterocycles. The number of amides is 1. The van der Waals surface area contributed by atoms with E-state index in [2.05, 4.69) is 10.2 Å². The zero-order valence-corrected chi connectivity index (χ0v) is 20.6. The van der Waals surface area contributed by atoms with Gasteiger partial charge in [0.05, 0.1) is 22.7 Å². The van der Waals surface area contributed by atoms with Crippen molar-refractivity contribution in [2.75, 3.05) is 25.4 Å². The van der Waals surface area contributed by atoms with Crippen LogP contribution in [0.25, 0.3) is 0 Å². The van der Waals surface area contributed by atoms with Crippen molar-refractivity contribution in [1.82, 2.24) is 10.2 Å². The molecule has 1 heterocycles. The summed E-state index contributed by atoms with van der Waals surface area (Å²) in [6, 6.07) is 17.2. The Kier molecular flexibility index (Phi) is 8.56. The van der Waals surface area contributed by atoms with Gasteiger partial charge in [-0.25, -0.2) is 8.78 Å². The first-order valence-electron chi connectivity index (χ1n) is 12.1. The van der Waals surface area contributed by atoms with Gasteiger partial charge in [-0.1, -0.05) is 35.9 Å². The Bertz CT molecular complexity index is 1130. The highest BCUT2D eigenvalue weighted by Gasteiger charge is 2.29. The number of hydrogen-bond acceptors (Lipinski definition) is 4. The summed E-state index contributed by atoms with van der Waals surface area (Å²) in [6.45, 7) is 1.94. The first kappa shape index (κ1) is 26.1. The van der Waals surface area contributed by atoms with Crippen LogP contribution in [0, 0.1) is 11.6 Å². The standard InChI is InChI=1S/C28H30ClF2N3O2/c29-25-16-22(32)11-12-24(25)28(36)33-26-13-15-34(17-27(26)35)14-1-2-23(18-3-7-20(30)8-4-18)19-5-9-21(31)10-6-19/h3-12,16,23,26-27,35H,1-2,13-15,17,32H2,(H,33,36)/t26-,27-/m0/s1. The van der Waals surface area contributed by atoms with Crippen molar-refractivity contribution in [2.45, 2.75) is 37.3 Å². The normalized spacial score (nSPS) is 18.4. The molecule has 3 aromatic carbocycles. The molecule has 2 atom stereocenters. The molecule has 0 unspecified atom stereocenters. The smallest absolute Gasteiger partial charge is 0.253 e. The molecule has 3 aromatic rings. The molecule has 1 saturated heterocycles. The highest BCUT2D eigenvalue weighted by atomic mass is 35.5. The Hall–Kier alpha value is -3.00. The summed E-state index contributed by atoms with van der Waals surface area (Å²) in [7, 11) is 0. The number of carbonyl (C=O) groups is 1. The average molecular weight is 514 g/mol. The van der Waals surface area contributed by atoms with Gasteiger partial charge in [0, 0.05) is 24.7 Å². The van der Waals surface area contributed by atoms with Gasteiger partial charge in [0.15, 0.2) is 0 Å². The second-order valence-electron chi connectivity index (χ2n) is 9.27. The van der Waals surface area contributed by atoms with Crippen LogP contribution in [0.1, 0.15) is 46.7 Å². The first-order chi connectivity index (χ1) is 17.3. The number of nitrogens with zero attached hydrogens (tertiary/aromatic N) is 1. The Balaban J connectivity index is 1.31. The number of piperidine rings is 1. The van der Waals surface area contributed by atoms with Crippen molar-refractivity contribution in [3.05, 3.63) is 100 Å². The molecule has 0 spiro atoms. The van der Waals surface area contributed by atoms with E-state index < -0.39 is 6.10 Å². The summed E-state index contributed by atoms with van der Waals surface area (Å²) < 4.78 is 26.9. The molecule has 4 rings (SSSR count). The number of anilines is 1. The summed E-state index contributed by atoms with van der Waals surface area (Å²) in [4.78, 5) is 14.8. The van der Waals surface area contributed by atoms with Gasteiger partial charge in [-0.05, 0) is 79.4 Å². The average Bonchev–Trinajstić information content (AvgIpc) is 2.85. The van der Waals surface area contributed by atoms with Crippen LogP contribution in [0.15, 0.2) is 66.7 Å². The van der Waals surface area contributed by atoms with Crippen LogP contribution in [-0.4, -0.2) is 47.7 Å². The number of β-amino-alcohol motifs (C(OH)–C–C–N with tert-alkyl or cyclic N) is 1. The molecule has 4 N–H and O–H groups in total. The zero-order valence-electron chi connectivity index (χ0n) is 19.8. The van der Waals surface area contributed by atoms with Gasteiger partial charge in [0.2, 0.25) is 0 Å². The Morgan fingerprint density at radius 3 is 2.22 bits per heavy atom. The zero-order chi connectivity index (χ0) is 25.7. The lowest BCUT2D eigenvalue weighted by molar-refractivity contribution is 0.0373. The van der Waals surface area contributed by atoms with E-state index in [1.54, 1.807) is 36.4 Å². The Labute approximate surface area is 214 Å². The van der Waals surface area contributed by atoms with Crippen LogP contribution < -0.4 is 11.1 Å². The van der Waals surface area contributed by atoms with Gasteiger partial charge in [-0.2, -0.15) is 0 Å². The molecule has 8 heteroatoms. The van der Waals surface area contributed by atoms with Crippen molar-refractivity contribution in [3.8, 4) is 0 Å². The predicted molar refractivity (Wildman–Crippen MR) is 138 cm³/mol.